The summed E-state index contributed by atoms with van der Waals surface area (Å²) < 4.78 is 0. The van der Waals surface area contributed by atoms with Gasteiger partial charge in [0.2, 0.25) is 11.8 Å². The number of nitrogens with one attached hydrogen (secondary N) is 1. The second kappa shape index (κ2) is 8.78. The molecule has 27 heavy (non-hydrogen) atoms. The van der Waals surface area contributed by atoms with Crippen molar-refractivity contribution in [2.75, 3.05) is 11.9 Å². The maximum absolute atomic E-state index is 12.7. The van der Waals surface area contributed by atoms with Gasteiger partial charge in [0, 0.05) is 23.7 Å². The van der Waals surface area contributed by atoms with E-state index in [1.165, 1.54) is 11.8 Å². The maximum atomic E-state index is 12.7. The fourth-order valence-corrected chi connectivity index (χ4v) is 4.26. The van der Waals surface area contributed by atoms with Gasteiger partial charge in [-0.05, 0) is 37.3 Å². The van der Waals surface area contributed by atoms with E-state index in [0.29, 0.717) is 33.1 Å². The predicted molar refractivity (Wildman–Crippen MR) is 112 cm³/mol. The standard InChI is InChI=1S/C19H17Cl2N3O2S/c1-2-24-18(26)16(11-17(25)22-13-6-4-3-5-7-13)27-19(24)23-15-9-8-12(20)10-14(15)21/h3-10,16H,2,11H2,1H3,(H,22,25)/t16-/m1/s1. The van der Waals surface area contributed by atoms with Crippen molar-refractivity contribution in [3.8, 4) is 0 Å². The van der Waals surface area contributed by atoms with Gasteiger partial charge in [0.05, 0.1) is 10.7 Å². The average Bonchev–Trinajstić information content (AvgIpc) is 2.92. The molecule has 1 atom stereocenters. The van der Waals surface area contributed by atoms with Gasteiger partial charge in [-0.3, -0.25) is 14.5 Å². The fraction of sp³-hybridized carbons (Fsp3) is 0.211. The van der Waals surface area contributed by atoms with E-state index in [1.807, 2.05) is 25.1 Å². The number of hydrogen-bond acceptors (Lipinski definition) is 4. The third kappa shape index (κ3) is 4.83. The van der Waals surface area contributed by atoms with E-state index in [9.17, 15) is 9.59 Å². The first-order chi connectivity index (χ1) is 13.0. The van der Waals surface area contributed by atoms with E-state index in [-0.39, 0.29) is 18.2 Å². The Morgan fingerprint density at radius 1 is 1.22 bits per heavy atom. The van der Waals surface area contributed by atoms with Crippen LogP contribution < -0.4 is 5.32 Å². The van der Waals surface area contributed by atoms with Crippen molar-refractivity contribution >= 4 is 63.3 Å². The molecule has 8 heteroatoms. The molecular formula is C19H17Cl2N3O2S. The summed E-state index contributed by atoms with van der Waals surface area (Å²) in [5, 5.41) is 3.74. The van der Waals surface area contributed by atoms with Crippen LogP contribution in [0.3, 0.4) is 0 Å². The van der Waals surface area contributed by atoms with Gasteiger partial charge in [-0.2, -0.15) is 0 Å². The van der Waals surface area contributed by atoms with Gasteiger partial charge in [0.15, 0.2) is 5.17 Å². The Labute approximate surface area is 171 Å². The van der Waals surface area contributed by atoms with Crippen LogP contribution in [0.25, 0.3) is 0 Å². The van der Waals surface area contributed by atoms with Crippen LogP contribution in [0.4, 0.5) is 11.4 Å². The molecule has 2 amide bonds. The Bertz CT molecular complexity index is 890. The summed E-state index contributed by atoms with van der Waals surface area (Å²) in [5.74, 6) is -0.344. The monoisotopic (exact) mass is 421 g/mol. The van der Waals surface area contributed by atoms with Crippen LogP contribution in [0.1, 0.15) is 13.3 Å². The molecule has 0 aromatic heterocycles. The first-order valence-corrected chi connectivity index (χ1v) is 9.98. The summed E-state index contributed by atoms with van der Waals surface area (Å²) in [6, 6.07) is 14.1. The van der Waals surface area contributed by atoms with E-state index in [2.05, 4.69) is 10.3 Å². The summed E-state index contributed by atoms with van der Waals surface area (Å²) in [5.41, 5.74) is 1.23. The number of anilines is 1. The van der Waals surface area contributed by atoms with Gasteiger partial charge in [-0.1, -0.05) is 53.2 Å². The molecule has 1 aliphatic heterocycles. The molecule has 0 spiro atoms. The van der Waals surface area contributed by atoms with Crippen LogP contribution in [0.5, 0.6) is 0 Å². The van der Waals surface area contributed by atoms with Crippen molar-refractivity contribution in [3.63, 3.8) is 0 Å². The number of hydrogen-bond donors (Lipinski definition) is 1. The number of thioether (sulfide) groups is 1. The van der Waals surface area contributed by atoms with Crippen LogP contribution in [0, 0.1) is 0 Å². The number of nitrogens with zero attached hydrogens (tertiary/aromatic N) is 2. The summed E-state index contributed by atoms with van der Waals surface area (Å²) in [6.45, 7) is 2.33. The lowest BCUT2D eigenvalue weighted by Crippen LogP contribution is -2.33. The van der Waals surface area contributed by atoms with Crippen molar-refractivity contribution in [2.24, 2.45) is 4.99 Å². The first kappa shape index (κ1) is 19.7. The molecule has 2 aromatic carbocycles. The normalized spacial score (nSPS) is 18.2. The minimum absolute atomic E-state index is 0.0717. The molecule has 5 nitrogen and oxygen atoms in total. The lowest BCUT2D eigenvalue weighted by atomic mass is 10.2. The molecule has 1 heterocycles. The molecule has 2 aromatic rings. The molecule has 1 saturated heterocycles. The Morgan fingerprint density at radius 2 is 1.96 bits per heavy atom. The summed E-state index contributed by atoms with van der Waals surface area (Å²) in [4.78, 5) is 31.0. The van der Waals surface area contributed by atoms with Gasteiger partial charge in [0.25, 0.3) is 0 Å². The highest BCUT2D eigenvalue weighted by Gasteiger charge is 2.38. The molecule has 0 radical (unpaired) electrons. The largest absolute Gasteiger partial charge is 0.326 e. The van der Waals surface area contributed by atoms with Gasteiger partial charge in [-0.15, -0.1) is 0 Å². The number of carbonyl (C=O) groups excluding carboxylic acids is 2. The lowest BCUT2D eigenvalue weighted by Gasteiger charge is -2.13. The Hall–Kier alpha value is -2.02. The van der Waals surface area contributed by atoms with Gasteiger partial charge in [0.1, 0.15) is 5.25 Å². The second-order valence-electron chi connectivity index (χ2n) is 5.80. The second-order valence-corrected chi connectivity index (χ2v) is 7.81. The van der Waals surface area contributed by atoms with Crippen LogP contribution in [0.15, 0.2) is 53.5 Å². The Kier molecular flexibility index (Phi) is 6.42. The molecular weight excluding hydrogens is 405 g/mol. The zero-order valence-electron chi connectivity index (χ0n) is 14.5. The van der Waals surface area contributed by atoms with Crippen molar-refractivity contribution in [1.29, 1.82) is 0 Å². The van der Waals surface area contributed by atoms with Crippen LogP contribution in [0.2, 0.25) is 10.0 Å². The van der Waals surface area contributed by atoms with Crippen LogP contribution in [-0.2, 0) is 9.59 Å². The summed E-state index contributed by atoms with van der Waals surface area (Å²) in [6.07, 6.45) is 0.0717. The number of halogens is 2. The molecule has 0 unspecified atom stereocenters. The van der Waals surface area contributed by atoms with Crippen molar-refractivity contribution in [3.05, 3.63) is 58.6 Å². The minimum Gasteiger partial charge on any atom is -0.326 e. The lowest BCUT2D eigenvalue weighted by molar-refractivity contribution is -0.128. The minimum atomic E-state index is -0.515. The summed E-state index contributed by atoms with van der Waals surface area (Å²) >= 11 is 13.4. The molecule has 0 aliphatic carbocycles. The zero-order chi connectivity index (χ0) is 19.4. The Morgan fingerprint density at radius 3 is 2.63 bits per heavy atom. The zero-order valence-corrected chi connectivity index (χ0v) is 16.8. The van der Waals surface area contributed by atoms with Gasteiger partial charge >= 0.3 is 0 Å². The molecule has 3 rings (SSSR count). The molecule has 1 aliphatic rings. The van der Waals surface area contributed by atoms with E-state index in [0.717, 1.165) is 0 Å². The van der Waals surface area contributed by atoms with Crippen molar-refractivity contribution < 1.29 is 9.59 Å². The number of rotatable bonds is 5. The molecule has 140 valence electrons. The number of para-hydroxylation sites is 1. The third-order valence-electron chi connectivity index (χ3n) is 3.89. The molecule has 1 N–H and O–H groups in total. The third-order valence-corrected chi connectivity index (χ3v) is 5.60. The van der Waals surface area contributed by atoms with Crippen LogP contribution in [-0.4, -0.2) is 33.7 Å². The molecule has 0 saturated carbocycles. The van der Waals surface area contributed by atoms with Crippen LogP contribution >= 0.6 is 35.0 Å². The van der Waals surface area contributed by atoms with Crippen molar-refractivity contribution in [2.45, 2.75) is 18.6 Å². The smallest absolute Gasteiger partial charge is 0.242 e. The average molecular weight is 422 g/mol. The highest BCUT2D eigenvalue weighted by atomic mass is 35.5. The molecule has 0 bridgehead atoms. The number of amides is 2. The van der Waals surface area contributed by atoms with E-state index in [4.69, 9.17) is 23.2 Å². The number of benzene rings is 2. The van der Waals surface area contributed by atoms with Crippen molar-refractivity contribution in [1.82, 2.24) is 4.90 Å². The van der Waals surface area contributed by atoms with E-state index >= 15 is 0 Å². The SMILES string of the molecule is CCN1C(=O)[C@@H](CC(=O)Nc2ccccc2)SC1=Nc1ccc(Cl)cc1Cl. The first-order valence-electron chi connectivity index (χ1n) is 8.34. The molecule has 1 fully saturated rings. The highest BCUT2D eigenvalue weighted by molar-refractivity contribution is 8.15. The summed E-state index contributed by atoms with van der Waals surface area (Å²) in [7, 11) is 0. The Balaban J connectivity index is 1.74. The van der Waals surface area contributed by atoms with E-state index < -0.39 is 5.25 Å². The topological polar surface area (TPSA) is 61.8 Å². The van der Waals surface area contributed by atoms with Gasteiger partial charge in [-0.25, -0.2) is 4.99 Å². The maximum Gasteiger partial charge on any atom is 0.242 e. The number of aliphatic imine (C=N–C) groups is 1. The predicted octanol–water partition coefficient (Wildman–Crippen LogP) is 4.97. The number of amidine groups is 1. The fourth-order valence-electron chi connectivity index (χ4n) is 2.59. The number of carbonyl (C=O) groups is 2. The highest BCUT2D eigenvalue weighted by Crippen LogP contribution is 2.34. The van der Waals surface area contributed by atoms with E-state index in [1.54, 1.807) is 35.2 Å². The quantitative estimate of drug-likeness (QED) is 0.740. The van der Waals surface area contributed by atoms with Gasteiger partial charge < -0.3 is 5.32 Å².